The molecule has 27 heavy (non-hydrogen) atoms. The van der Waals surface area contributed by atoms with E-state index in [9.17, 15) is 23.9 Å². The van der Waals surface area contributed by atoms with Gasteiger partial charge in [-0.05, 0) is 41.8 Å². The first-order valence-electron chi connectivity index (χ1n) is 8.13. The third-order valence-corrected chi connectivity index (χ3v) is 3.64. The Kier molecular flexibility index (Phi) is 6.48. The second-order valence-electron chi connectivity index (χ2n) is 6.07. The Hall–Kier alpha value is -3.42. The molecule has 0 aliphatic rings. The summed E-state index contributed by atoms with van der Waals surface area (Å²) in [6, 6.07) is 7.01. The number of carbonyl (C=O) groups excluding carboxylic acids is 2. The summed E-state index contributed by atoms with van der Waals surface area (Å²) in [4.78, 5) is 36.1. The second kappa shape index (κ2) is 8.79. The second-order valence-corrected chi connectivity index (χ2v) is 6.07. The lowest BCUT2D eigenvalue weighted by molar-refractivity contribution is -0.142. The van der Waals surface area contributed by atoms with E-state index in [1.807, 2.05) is 0 Å². The normalized spacial score (nSPS) is 12.5. The van der Waals surface area contributed by atoms with E-state index in [-0.39, 0.29) is 17.4 Å². The summed E-state index contributed by atoms with van der Waals surface area (Å²) < 4.78 is 18.1. The van der Waals surface area contributed by atoms with Crippen molar-refractivity contribution >= 4 is 23.9 Å². The van der Waals surface area contributed by atoms with Crippen molar-refractivity contribution in [2.24, 2.45) is 5.92 Å². The molecule has 3 N–H and O–H groups in total. The molecule has 7 nitrogen and oxygen atoms in total. The van der Waals surface area contributed by atoms with Crippen molar-refractivity contribution in [3.8, 4) is 0 Å². The van der Waals surface area contributed by atoms with Crippen LogP contribution >= 0.6 is 0 Å². The summed E-state index contributed by atoms with van der Waals surface area (Å²) in [6.45, 7) is 3.29. The van der Waals surface area contributed by atoms with Gasteiger partial charge in [-0.2, -0.15) is 0 Å². The number of amides is 2. The van der Waals surface area contributed by atoms with Gasteiger partial charge in [-0.1, -0.05) is 26.0 Å². The van der Waals surface area contributed by atoms with Crippen LogP contribution < -0.4 is 10.6 Å². The molecule has 1 atom stereocenters. The average Bonchev–Trinajstić information content (AvgIpc) is 3.14. The third kappa shape index (κ3) is 5.53. The maximum Gasteiger partial charge on any atom is 0.326 e. The fourth-order valence-corrected chi connectivity index (χ4v) is 2.21. The number of furan rings is 1. The summed E-state index contributed by atoms with van der Waals surface area (Å²) >= 11 is 0. The van der Waals surface area contributed by atoms with Crippen LogP contribution in [0.15, 0.2) is 52.8 Å². The molecule has 0 aliphatic heterocycles. The van der Waals surface area contributed by atoms with E-state index in [0.717, 1.165) is 0 Å². The predicted molar refractivity (Wildman–Crippen MR) is 95.0 cm³/mol. The molecule has 1 aromatic carbocycles. The number of nitrogens with one attached hydrogen (secondary N) is 2. The van der Waals surface area contributed by atoms with Crippen LogP contribution in [-0.4, -0.2) is 28.9 Å². The largest absolute Gasteiger partial charge is 0.480 e. The Morgan fingerprint density at radius 2 is 1.81 bits per heavy atom. The van der Waals surface area contributed by atoms with Gasteiger partial charge in [-0.3, -0.25) is 9.59 Å². The lowest BCUT2D eigenvalue weighted by atomic mass is 10.0. The highest BCUT2D eigenvalue weighted by atomic mass is 19.1. The van der Waals surface area contributed by atoms with Gasteiger partial charge in [0.2, 0.25) is 0 Å². The Balaban J connectivity index is 2.30. The zero-order chi connectivity index (χ0) is 20.0. The number of halogens is 1. The SMILES string of the molecule is CC(C)[C@@H](NC(=O)/C(=C\c1ccc(F)cc1)NC(=O)c1ccco1)C(=O)O. The molecular formula is C19H19FN2O5. The summed E-state index contributed by atoms with van der Waals surface area (Å²) in [7, 11) is 0. The highest BCUT2D eigenvalue weighted by Gasteiger charge is 2.26. The van der Waals surface area contributed by atoms with E-state index in [4.69, 9.17) is 4.42 Å². The third-order valence-electron chi connectivity index (χ3n) is 3.64. The van der Waals surface area contributed by atoms with Crippen molar-refractivity contribution in [3.63, 3.8) is 0 Å². The van der Waals surface area contributed by atoms with E-state index >= 15 is 0 Å². The summed E-state index contributed by atoms with van der Waals surface area (Å²) in [5.74, 6) is -3.52. The molecule has 2 amide bonds. The minimum absolute atomic E-state index is 0.0218. The van der Waals surface area contributed by atoms with Crippen LogP contribution in [-0.2, 0) is 9.59 Å². The zero-order valence-electron chi connectivity index (χ0n) is 14.7. The molecule has 2 rings (SSSR count). The first-order chi connectivity index (χ1) is 12.8. The number of carboxylic acid groups (broad SMARTS) is 1. The van der Waals surface area contributed by atoms with Gasteiger partial charge in [0.15, 0.2) is 5.76 Å². The van der Waals surface area contributed by atoms with Crippen molar-refractivity contribution in [1.82, 2.24) is 10.6 Å². The van der Waals surface area contributed by atoms with Crippen LogP contribution in [0.25, 0.3) is 6.08 Å². The number of hydrogen-bond acceptors (Lipinski definition) is 4. The van der Waals surface area contributed by atoms with E-state index in [2.05, 4.69) is 10.6 Å². The molecule has 0 bridgehead atoms. The number of benzene rings is 1. The van der Waals surface area contributed by atoms with Gasteiger partial charge < -0.3 is 20.2 Å². The predicted octanol–water partition coefficient (Wildman–Crippen LogP) is 2.42. The number of hydrogen-bond donors (Lipinski definition) is 3. The molecule has 0 saturated carbocycles. The first kappa shape index (κ1) is 19.9. The molecule has 1 heterocycles. The van der Waals surface area contributed by atoms with Gasteiger partial charge in [0, 0.05) is 0 Å². The smallest absolute Gasteiger partial charge is 0.326 e. The van der Waals surface area contributed by atoms with Gasteiger partial charge in [0.1, 0.15) is 17.6 Å². The molecule has 1 aromatic heterocycles. The van der Waals surface area contributed by atoms with Crippen molar-refractivity contribution in [3.05, 3.63) is 65.5 Å². The lowest BCUT2D eigenvalue weighted by Crippen LogP contribution is -2.47. The Bertz CT molecular complexity index is 841. The summed E-state index contributed by atoms with van der Waals surface area (Å²) in [5, 5.41) is 14.0. The number of carbonyl (C=O) groups is 3. The zero-order valence-corrected chi connectivity index (χ0v) is 14.7. The van der Waals surface area contributed by atoms with Crippen molar-refractivity contribution in [2.45, 2.75) is 19.9 Å². The fourth-order valence-electron chi connectivity index (χ4n) is 2.21. The maximum atomic E-state index is 13.1. The van der Waals surface area contributed by atoms with Crippen LogP contribution in [0.3, 0.4) is 0 Å². The molecule has 0 aliphatic carbocycles. The maximum absolute atomic E-state index is 13.1. The van der Waals surface area contributed by atoms with Gasteiger partial charge in [0.25, 0.3) is 11.8 Å². The molecule has 0 fully saturated rings. The minimum atomic E-state index is -1.20. The molecule has 0 saturated heterocycles. The van der Waals surface area contributed by atoms with E-state index in [1.54, 1.807) is 13.8 Å². The minimum Gasteiger partial charge on any atom is -0.480 e. The molecular weight excluding hydrogens is 355 g/mol. The van der Waals surface area contributed by atoms with Gasteiger partial charge in [-0.25, -0.2) is 9.18 Å². The van der Waals surface area contributed by atoms with Gasteiger partial charge in [0.05, 0.1) is 6.26 Å². The van der Waals surface area contributed by atoms with Crippen LogP contribution in [0.4, 0.5) is 4.39 Å². The van der Waals surface area contributed by atoms with Crippen LogP contribution in [0, 0.1) is 11.7 Å². The highest BCUT2D eigenvalue weighted by molar-refractivity contribution is 6.05. The van der Waals surface area contributed by atoms with Crippen molar-refractivity contribution in [2.75, 3.05) is 0 Å². The van der Waals surface area contributed by atoms with Gasteiger partial charge >= 0.3 is 5.97 Å². The van der Waals surface area contributed by atoms with E-state index < -0.39 is 29.6 Å². The number of carboxylic acids is 1. The first-order valence-corrected chi connectivity index (χ1v) is 8.13. The topological polar surface area (TPSA) is 109 Å². The molecule has 0 unspecified atom stereocenters. The Labute approximate surface area is 154 Å². The highest BCUT2D eigenvalue weighted by Crippen LogP contribution is 2.10. The summed E-state index contributed by atoms with van der Waals surface area (Å²) in [5.41, 5.74) is 0.243. The quantitative estimate of drug-likeness (QED) is 0.645. The van der Waals surface area contributed by atoms with Crippen LogP contribution in [0.1, 0.15) is 30.0 Å². The van der Waals surface area contributed by atoms with Crippen molar-refractivity contribution < 1.29 is 28.3 Å². The van der Waals surface area contributed by atoms with E-state index in [1.165, 1.54) is 48.7 Å². The average molecular weight is 374 g/mol. The Morgan fingerprint density at radius 3 is 2.33 bits per heavy atom. The number of rotatable bonds is 7. The molecule has 8 heteroatoms. The van der Waals surface area contributed by atoms with Crippen LogP contribution in [0.5, 0.6) is 0 Å². The molecule has 0 spiro atoms. The monoisotopic (exact) mass is 374 g/mol. The standard InChI is InChI=1S/C19H19FN2O5/c1-11(2)16(19(25)26)22-17(23)14(10-12-5-7-13(20)8-6-12)21-18(24)15-4-3-9-27-15/h3-11,16H,1-2H3,(H,21,24)(H,22,23)(H,25,26)/b14-10+/t16-/m1/s1. The summed E-state index contributed by atoms with van der Waals surface area (Å²) in [6.07, 6.45) is 2.62. The van der Waals surface area contributed by atoms with Crippen LogP contribution in [0.2, 0.25) is 0 Å². The number of aliphatic carboxylic acids is 1. The molecule has 142 valence electrons. The Morgan fingerprint density at radius 1 is 1.15 bits per heavy atom. The van der Waals surface area contributed by atoms with Crippen molar-refractivity contribution in [1.29, 1.82) is 0 Å². The molecule has 2 aromatic rings. The van der Waals surface area contributed by atoms with E-state index in [0.29, 0.717) is 5.56 Å². The lowest BCUT2D eigenvalue weighted by Gasteiger charge is -2.19. The molecule has 0 radical (unpaired) electrons. The fraction of sp³-hybridized carbons (Fsp3) is 0.211. The van der Waals surface area contributed by atoms with Gasteiger partial charge in [-0.15, -0.1) is 0 Å².